The fourth-order valence-electron chi connectivity index (χ4n) is 3.58. The third-order valence-corrected chi connectivity index (χ3v) is 8.30. The van der Waals surface area contributed by atoms with E-state index in [9.17, 15) is 18.5 Å². The molecule has 0 spiro atoms. The number of piperazine rings is 1. The first-order valence-electron chi connectivity index (χ1n) is 10.2. The third-order valence-electron chi connectivity index (χ3n) is 5.40. The zero-order chi connectivity index (χ0) is 22.7. The largest absolute Gasteiger partial charge is 0.340 e. The Hall–Kier alpha value is -3.06. The Labute approximate surface area is 191 Å². The molecule has 1 aliphatic rings. The van der Waals surface area contributed by atoms with E-state index in [1.54, 1.807) is 17.0 Å². The van der Waals surface area contributed by atoms with Gasteiger partial charge in [0.2, 0.25) is 15.9 Å². The maximum Gasteiger partial charge on any atom is 0.244 e. The molecule has 1 aromatic heterocycles. The van der Waals surface area contributed by atoms with Crippen LogP contribution in [0.25, 0.3) is 10.6 Å². The molecule has 3 aromatic rings. The average Bonchev–Trinajstić information content (AvgIpc) is 3.28. The Morgan fingerprint density at radius 1 is 1.09 bits per heavy atom. The Morgan fingerprint density at radius 2 is 1.78 bits per heavy atom. The molecule has 0 radical (unpaired) electrons. The molecule has 2 heterocycles. The van der Waals surface area contributed by atoms with E-state index in [4.69, 9.17) is 0 Å². The highest BCUT2D eigenvalue weighted by molar-refractivity contribution is 7.89. The van der Waals surface area contributed by atoms with Gasteiger partial charge < -0.3 is 4.90 Å². The van der Waals surface area contributed by atoms with E-state index in [-0.39, 0.29) is 35.9 Å². The van der Waals surface area contributed by atoms with E-state index >= 15 is 0 Å². The van der Waals surface area contributed by atoms with Crippen molar-refractivity contribution in [2.24, 2.45) is 0 Å². The fourth-order valence-corrected chi connectivity index (χ4v) is 5.97. The van der Waals surface area contributed by atoms with Crippen LogP contribution in [0.2, 0.25) is 0 Å². The van der Waals surface area contributed by atoms with Crippen molar-refractivity contribution < 1.29 is 13.2 Å². The van der Waals surface area contributed by atoms with Gasteiger partial charge in [0.05, 0.1) is 22.6 Å². The Morgan fingerprint density at radius 3 is 2.47 bits per heavy atom. The zero-order valence-electron chi connectivity index (χ0n) is 17.6. The van der Waals surface area contributed by atoms with E-state index in [0.29, 0.717) is 18.8 Å². The van der Waals surface area contributed by atoms with Crippen molar-refractivity contribution in [2.45, 2.75) is 18.2 Å². The Kier molecular flexibility index (Phi) is 6.37. The van der Waals surface area contributed by atoms with Crippen LogP contribution in [0.3, 0.4) is 0 Å². The molecule has 164 valence electrons. The van der Waals surface area contributed by atoms with Gasteiger partial charge in [-0.1, -0.05) is 42.0 Å². The molecule has 0 atom stereocenters. The van der Waals surface area contributed by atoms with Crippen LogP contribution in [0.5, 0.6) is 0 Å². The van der Waals surface area contributed by atoms with E-state index in [0.717, 1.165) is 10.6 Å². The van der Waals surface area contributed by atoms with Gasteiger partial charge in [0.25, 0.3) is 0 Å². The number of amides is 1. The van der Waals surface area contributed by atoms with Crippen molar-refractivity contribution in [1.82, 2.24) is 14.2 Å². The topological polar surface area (TPSA) is 94.4 Å². The summed E-state index contributed by atoms with van der Waals surface area (Å²) in [5.41, 5.74) is 3.04. The zero-order valence-corrected chi connectivity index (χ0v) is 19.2. The lowest BCUT2D eigenvalue weighted by Gasteiger charge is -2.34. The molecular weight excluding hydrogens is 444 g/mol. The second kappa shape index (κ2) is 9.20. The van der Waals surface area contributed by atoms with Gasteiger partial charge in [0.15, 0.2) is 0 Å². The van der Waals surface area contributed by atoms with Gasteiger partial charge >= 0.3 is 0 Å². The van der Waals surface area contributed by atoms with Crippen LogP contribution in [0.4, 0.5) is 0 Å². The lowest BCUT2D eigenvalue weighted by molar-refractivity contribution is -0.131. The van der Waals surface area contributed by atoms with Crippen molar-refractivity contribution in [3.05, 3.63) is 70.7 Å². The fraction of sp³-hybridized carbons (Fsp3) is 0.261. The van der Waals surface area contributed by atoms with Crippen molar-refractivity contribution in [3.8, 4) is 16.6 Å². The van der Waals surface area contributed by atoms with E-state index < -0.39 is 10.0 Å². The summed E-state index contributed by atoms with van der Waals surface area (Å²) in [5, 5.41) is 12.0. The SMILES string of the molecule is Cc1ccc(-c2nc(CC(=O)N3CCN(S(=O)(=O)c4ccccc4C#N)CC3)cs2)cc1. The average molecular weight is 467 g/mol. The van der Waals surface area contributed by atoms with Crippen LogP contribution in [-0.2, 0) is 21.2 Å². The number of carbonyl (C=O) groups excluding carboxylic acids is 1. The van der Waals surface area contributed by atoms with Crippen molar-refractivity contribution in [1.29, 1.82) is 5.26 Å². The molecular formula is C23H22N4O3S2. The Bertz CT molecular complexity index is 1270. The Balaban J connectivity index is 1.38. The van der Waals surface area contributed by atoms with E-state index in [2.05, 4.69) is 4.98 Å². The van der Waals surface area contributed by atoms with Crippen molar-refractivity contribution >= 4 is 27.3 Å². The van der Waals surface area contributed by atoms with Crippen LogP contribution in [-0.4, -0.2) is 54.7 Å². The summed E-state index contributed by atoms with van der Waals surface area (Å²) in [6, 6.07) is 16.2. The van der Waals surface area contributed by atoms with Crippen LogP contribution < -0.4 is 0 Å². The first-order valence-corrected chi connectivity index (χ1v) is 12.5. The van der Waals surface area contributed by atoms with Gasteiger partial charge in [-0.3, -0.25) is 4.79 Å². The summed E-state index contributed by atoms with van der Waals surface area (Å²) >= 11 is 1.51. The number of nitrogens with zero attached hydrogens (tertiary/aromatic N) is 4. The van der Waals surface area contributed by atoms with Gasteiger partial charge in [0, 0.05) is 37.1 Å². The molecule has 0 aliphatic carbocycles. The number of hydrogen-bond donors (Lipinski definition) is 0. The standard InChI is InChI=1S/C23H22N4O3S2/c1-17-6-8-18(9-7-17)23-25-20(16-31-23)14-22(28)26-10-12-27(13-11-26)32(29,30)21-5-3-2-4-19(21)15-24/h2-9,16H,10-14H2,1H3. The molecule has 0 unspecified atom stereocenters. The van der Waals surface area contributed by atoms with Crippen LogP contribution in [0.15, 0.2) is 58.8 Å². The molecule has 0 N–H and O–H groups in total. The number of aryl methyl sites for hydroxylation is 1. The number of nitriles is 1. The molecule has 1 aliphatic heterocycles. The summed E-state index contributed by atoms with van der Waals surface area (Å²) in [6.07, 6.45) is 0.187. The highest BCUT2D eigenvalue weighted by Gasteiger charge is 2.31. The third kappa shape index (κ3) is 4.58. The van der Waals surface area contributed by atoms with E-state index in [1.165, 1.54) is 33.3 Å². The summed E-state index contributed by atoms with van der Waals surface area (Å²) in [7, 11) is -3.78. The molecule has 2 aromatic carbocycles. The molecule has 4 rings (SSSR count). The lowest BCUT2D eigenvalue weighted by atomic mass is 10.2. The second-order valence-corrected chi connectivity index (χ2v) is 10.3. The number of thiazole rings is 1. The smallest absolute Gasteiger partial charge is 0.244 e. The highest BCUT2D eigenvalue weighted by atomic mass is 32.2. The minimum Gasteiger partial charge on any atom is -0.340 e. The van der Waals surface area contributed by atoms with E-state index in [1.807, 2.05) is 42.6 Å². The summed E-state index contributed by atoms with van der Waals surface area (Å²) < 4.78 is 27.3. The van der Waals surface area contributed by atoms with Crippen LogP contribution in [0.1, 0.15) is 16.8 Å². The predicted molar refractivity (Wildman–Crippen MR) is 122 cm³/mol. The van der Waals surface area contributed by atoms with Gasteiger partial charge in [0.1, 0.15) is 11.1 Å². The van der Waals surface area contributed by atoms with Crippen LogP contribution in [0, 0.1) is 18.3 Å². The normalized spacial score (nSPS) is 14.8. The predicted octanol–water partition coefficient (Wildman–Crippen LogP) is 3.07. The van der Waals surface area contributed by atoms with Gasteiger partial charge in [-0.25, -0.2) is 13.4 Å². The summed E-state index contributed by atoms with van der Waals surface area (Å²) in [4.78, 5) is 19.0. The molecule has 7 nitrogen and oxygen atoms in total. The molecule has 1 saturated heterocycles. The number of sulfonamides is 1. The van der Waals surface area contributed by atoms with Crippen LogP contribution >= 0.6 is 11.3 Å². The number of aromatic nitrogens is 1. The van der Waals surface area contributed by atoms with Gasteiger partial charge in [-0.05, 0) is 19.1 Å². The number of carbonyl (C=O) groups is 1. The number of benzene rings is 2. The number of hydrogen-bond acceptors (Lipinski definition) is 6. The number of rotatable bonds is 5. The molecule has 32 heavy (non-hydrogen) atoms. The molecule has 0 saturated carbocycles. The van der Waals surface area contributed by atoms with Gasteiger partial charge in [-0.2, -0.15) is 9.57 Å². The minimum absolute atomic E-state index is 0.00776. The monoisotopic (exact) mass is 466 g/mol. The quantitative estimate of drug-likeness (QED) is 0.576. The summed E-state index contributed by atoms with van der Waals surface area (Å²) in [5.74, 6) is -0.0692. The highest BCUT2D eigenvalue weighted by Crippen LogP contribution is 2.25. The molecule has 1 amide bonds. The van der Waals surface area contributed by atoms with Crippen molar-refractivity contribution in [2.75, 3.05) is 26.2 Å². The lowest BCUT2D eigenvalue weighted by Crippen LogP contribution is -2.51. The first kappa shape index (κ1) is 22.1. The van der Waals surface area contributed by atoms with Crippen molar-refractivity contribution in [3.63, 3.8) is 0 Å². The first-order chi connectivity index (χ1) is 15.4. The summed E-state index contributed by atoms with van der Waals surface area (Å²) in [6.45, 7) is 3.03. The molecule has 9 heteroatoms. The maximum absolute atomic E-state index is 13.0. The van der Waals surface area contributed by atoms with Gasteiger partial charge in [-0.15, -0.1) is 11.3 Å². The molecule has 1 fully saturated rings. The molecule has 0 bridgehead atoms. The maximum atomic E-state index is 13.0. The second-order valence-electron chi connectivity index (χ2n) is 7.58. The minimum atomic E-state index is -3.78.